The maximum atomic E-state index is 12.6. The second-order valence-corrected chi connectivity index (χ2v) is 6.10. The molecule has 2 aromatic heterocycles. The van der Waals surface area contributed by atoms with Crippen molar-refractivity contribution >= 4 is 20.9 Å². The summed E-state index contributed by atoms with van der Waals surface area (Å²) < 4.78 is 25.1. The summed E-state index contributed by atoms with van der Waals surface area (Å²) in [5.74, 6) is 0. The Morgan fingerprint density at radius 1 is 1.05 bits per heavy atom. The smallest absolute Gasteiger partial charge is 0.224 e. The SMILES string of the molecule is Cc1ccc(S(=O)(=O)c2ncnc3[nH]ccc23)cc1. The largest absolute Gasteiger partial charge is 0.346 e. The summed E-state index contributed by atoms with van der Waals surface area (Å²) >= 11 is 0. The first kappa shape index (κ1) is 11.9. The molecule has 0 atom stereocenters. The van der Waals surface area contributed by atoms with Gasteiger partial charge in [-0.25, -0.2) is 18.4 Å². The van der Waals surface area contributed by atoms with Gasteiger partial charge in [-0.2, -0.15) is 0 Å². The molecular formula is C13H11N3O2S. The van der Waals surface area contributed by atoms with Gasteiger partial charge < -0.3 is 4.98 Å². The number of fused-ring (bicyclic) bond motifs is 1. The molecule has 0 amide bonds. The summed E-state index contributed by atoms with van der Waals surface area (Å²) in [6.45, 7) is 1.91. The van der Waals surface area contributed by atoms with Crippen LogP contribution >= 0.6 is 0 Å². The van der Waals surface area contributed by atoms with Gasteiger partial charge in [0.2, 0.25) is 9.84 Å². The lowest BCUT2D eigenvalue weighted by Gasteiger charge is -2.05. The van der Waals surface area contributed by atoms with Gasteiger partial charge in [-0.05, 0) is 25.1 Å². The molecule has 0 saturated carbocycles. The fraction of sp³-hybridized carbons (Fsp3) is 0.0769. The van der Waals surface area contributed by atoms with Crippen molar-refractivity contribution in [2.75, 3.05) is 0 Å². The monoisotopic (exact) mass is 273 g/mol. The highest BCUT2D eigenvalue weighted by atomic mass is 32.2. The van der Waals surface area contributed by atoms with Crippen LogP contribution in [0.2, 0.25) is 0 Å². The second kappa shape index (κ2) is 4.17. The number of nitrogens with one attached hydrogen (secondary N) is 1. The summed E-state index contributed by atoms with van der Waals surface area (Å²) in [7, 11) is -3.62. The Kier molecular flexibility index (Phi) is 2.60. The molecule has 0 fully saturated rings. The van der Waals surface area contributed by atoms with E-state index >= 15 is 0 Å². The molecule has 3 rings (SSSR count). The molecule has 2 heterocycles. The molecule has 0 aliphatic carbocycles. The maximum absolute atomic E-state index is 12.6. The number of rotatable bonds is 2. The Balaban J connectivity index is 2.25. The summed E-state index contributed by atoms with van der Waals surface area (Å²) in [5.41, 5.74) is 1.52. The zero-order valence-corrected chi connectivity index (χ0v) is 11.0. The average molecular weight is 273 g/mol. The average Bonchev–Trinajstić information content (AvgIpc) is 2.87. The predicted molar refractivity (Wildman–Crippen MR) is 70.5 cm³/mol. The minimum Gasteiger partial charge on any atom is -0.346 e. The standard InChI is InChI=1S/C13H11N3O2S/c1-9-2-4-10(5-3-9)19(17,18)13-11-6-7-14-12(11)15-8-16-13/h2-8H,1H3,(H,14,15,16). The van der Waals surface area contributed by atoms with Crippen LogP contribution in [0.4, 0.5) is 0 Å². The lowest BCUT2D eigenvalue weighted by atomic mass is 10.2. The summed E-state index contributed by atoms with van der Waals surface area (Å²) in [5, 5.41) is 0.533. The Bertz CT molecular complexity index is 836. The van der Waals surface area contributed by atoms with Crippen molar-refractivity contribution in [3.05, 3.63) is 48.4 Å². The van der Waals surface area contributed by atoms with Crippen molar-refractivity contribution in [1.29, 1.82) is 0 Å². The molecule has 19 heavy (non-hydrogen) atoms. The van der Waals surface area contributed by atoms with Gasteiger partial charge in [0.05, 0.1) is 10.3 Å². The molecule has 5 nitrogen and oxygen atoms in total. The predicted octanol–water partition coefficient (Wildman–Crippen LogP) is 2.10. The highest BCUT2D eigenvalue weighted by Gasteiger charge is 2.22. The zero-order chi connectivity index (χ0) is 13.5. The van der Waals surface area contributed by atoms with Crippen LogP contribution in [0.1, 0.15) is 5.56 Å². The molecule has 0 saturated heterocycles. The topological polar surface area (TPSA) is 75.7 Å². The molecule has 0 radical (unpaired) electrons. The summed E-state index contributed by atoms with van der Waals surface area (Å²) in [6, 6.07) is 8.37. The first-order chi connectivity index (χ1) is 9.09. The Morgan fingerprint density at radius 2 is 1.79 bits per heavy atom. The Labute approximate surface area is 110 Å². The van der Waals surface area contributed by atoms with Crippen molar-refractivity contribution in [1.82, 2.24) is 15.0 Å². The Hall–Kier alpha value is -2.21. The summed E-state index contributed by atoms with van der Waals surface area (Å²) in [4.78, 5) is 11.0. The molecule has 1 aromatic carbocycles. The molecule has 6 heteroatoms. The highest BCUT2D eigenvalue weighted by Crippen LogP contribution is 2.24. The third-order valence-electron chi connectivity index (χ3n) is 2.90. The highest BCUT2D eigenvalue weighted by molar-refractivity contribution is 7.91. The van der Waals surface area contributed by atoms with Gasteiger partial charge in [0, 0.05) is 6.20 Å². The van der Waals surface area contributed by atoms with Crippen LogP contribution in [-0.4, -0.2) is 23.4 Å². The number of hydrogen-bond donors (Lipinski definition) is 1. The van der Waals surface area contributed by atoms with Crippen molar-refractivity contribution < 1.29 is 8.42 Å². The third kappa shape index (κ3) is 1.90. The maximum Gasteiger partial charge on any atom is 0.224 e. The van der Waals surface area contributed by atoms with E-state index in [-0.39, 0.29) is 9.92 Å². The van der Waals surface area contributed by atoms with Gasteiger partial charge in [0.15, 0.2) is 5.03 Å². The van der Waals surface area contributed by atoms with Gasteiger partial charge in [-0.15, -0.1) is 0 Å². The van der Waals surface area contributed by atoms with Crippen LogP contribution in [0.15, 0.2) is 52.8 Å². The lowest BCUT2D eigenvalue weighted by Crippen LogP contribution is -2.05. The van der Waals surface area contributed by atoms with Crippen molar-refractivity contribution in [3.8, 4) is 0 Å². The van der Waals surface area contributed by atoms with Crippen LogP contribution in [0, 0.1) is 6.92 Å². The van der Waals surface area contributed by atoms with Gasteiger partial charge in [0.25, 0.3) is 0 Å². The van der Waals surface area contributed by atoms with E-state index in [2.05, 4.69) is 15.0 Å². The van der Waals surface area contributed by atoms with Gasteiger partial charge in [0.1, 0.15) is 12.0 Å². The molecule has 0 aliphatic heterocycles. The lowest BCUT2D eigenvalue weighted by molar-refractivity contribution is 0.593. The van der Waals surface area contributed by atoms with Crippen LogP contribution in [0.25, 0.3) is 11.0 Å². The van der Waals surface area contributed by atoms with E-state index in [4.69, 9.17) is 0 Å². The number of H-pyrrole nitrogens is 1. The van der Waals surface area contributed by atoms with Crippen molar-refractivity contribution in [2.45, 2.75) is 16.8 Å². The van der Waals surface area contributed by atoms with E-state index in [1.165, 1.54) is 6.33 Å². The summed E-state index contributed by atoms with van der Waals surface area (Å²) in [6.07, 6.45) is 2.90. The third-order valence-corrected chi connectivity index (χ3v) is 4.63. The molecule has 0 unspecified atom stereocenters. The number of aromatic nitrogens is 3. The molecular weight excluding hydrogens is 262 g/mol. The number of benzene rings is 1. The number of hydrogen-bond acceptors (Lipinski definition) is 4. The van der Waals surface area contributed by atoms with E-state index < -0.39 is 9.84 Å². The van der Waals surface area contributed by atoms with E-state index in [0.29, 0.717) is 11.0 Å². The van der Waals surface area contributed by atoms with Crippen LogP contribution in [0.5, 0.6) is 0 Å². The number of aromatic amines is 1. The number of aryl methyl sites for hydroxylation is 1. The van der Waals surface area contributed by atoms with E-state index in [9.17, 15) is 8.42 Å². The normalized spacial score (nSPS) is 11.8. The van der Waals surface area contributed by atoms with E-state index in [0.717, 1.165) is 5.56 Å². The van der Waals surface area contributed by atoms with Gasteiger partial charge in [-0.3, -0.25) is 0 Å². The van der Waals surface area contributed by atoms with Gasteiger partial charge in [-0.1, -0.05) is 17.7 Å². The molecule has 0 spiro atoms. The second-order valence-electron chi connectivity index (χ2n) is 4.24. The van der Waals surface area contributed by atoms with Crippen LogP contribution in [0.3, 0.4) is 0 Å². The van der Waals surface area contributed by atoms with E-state index in [1.54, 1.807) is 36.5 Å². The quantitative estimate of drug-likeness (QED) is 0.725. The van der Waals surface area contributed by atoms with E-state index in [1.807, 2.05) is 6.92 Å². The number of sulfone groups is 1. The molecule has 0 bridgehead atoms. The molecule has 96 valence electrons. The fourth-order valence-electron chi connectivity index (χ4n) is 1.89. The first-order valence-electron chi connectivity index (χ1n) is 5.69. The van der Waals surface area contributed by atoms with Crippen LogP contribution in [-0.2, 0) is 9.84 Å². The first-order valence-corrected chi connectivity index (χ1v) is 7.17. The molecule has 3 aromatic rings. The van der Waals surface area contributed by atoms with Crippen molar-refractivity contribution in [2.24, 2.45) is 0 Å². The van der Waals surface area contributed by atoms with Gasteiger partial charge >= 0.3 is 0 Å². The molecule has 0 aliphatic rings. The fourth-order valence-corrected chi connectivity index (χ4v) is 3.25. The van der Waals surface area contributed by atoms with Crippen LogP contribution < -0.4 is 0 Å². The molecule has 1 N–H and O–H groups in total. The zero-order valence-electron chi connectivity index (χ0n) is 10.2. The minimum absolute atomic E-state index is 0.0302. The Morgan fingerprint density at radius 3 is 2.53 bits per heavy atom. The minimum atomic E-state index is -3.62. The number of nitrogens with zero attached hydrogens (tertiary/aromatic N) is 2. The van der Waals surface area contributed by atoms with Crippen molar-refractivity contribution in [3.63, 3.8) is 0 Å².